The zero-order chi connectivity index (χ0) is 37.9. The molecule has 0 unspecified atom stereocenters. The Morgan fingerprint density at radius 3 is 1.77 bits per heavy atom. The van der Waals surface area contributed by atoms with E-state index in [1.807, 2.05) is 66.7 Å². The van der Waals surface area contributed by atoms with E-state index < -0.39 is 54.4 Å². The number of fused-ring (bicyclic) bond motifs is 6. The molecule has 8 aromatic carbocycles. The largest absolute Gasteiger partial charge is 0.455 e. The van der Waals surface area contributed by atoms with Crippen LogP contribution < -0.4 is 0 Å². The third-order valence-electron chi connectivity index (χ3n) is 8.03. The summed E-state index contributed by atoms with van der Waals surface area (Å²) in [5.41, 5.74) is 1.36. The van der Waals surface area contributed by atoms with Crippen LogP contribution in [-0.2, 0) is 0 Å². The van der Waals surface area contributed by atoms with Crippen molar-refractivity contribution < 1.29 is 19.5 Å². The zero-order valence-electron chi connectivity index (χ0n) is 33.6. The van der Waals surface area contributed by atoms with Gasteiger partial charge in [0.1, 0.15) is 11.2 Å². The average Bonchev–Trinajstić information content (AvgIpc) is 3.59. The van der Waals surface area contributed by atoms with Crippen molar-refractivity contribution in [1.29, 1.82) is 0 Å². The molecule has 1 heterocycles. The second-order valence-corrected chi connectivity index (χ2v) is 10.4. The van der Waals surface area contributed by atoms with Crippen LogP contribution in [0.5, 0.6) is 0 Å². The second kappa shape index (κ2) is 9.44. The fraction of sp³-hybridized carbons (Fsp3) is 0. The summed E-state index contributed by atoms with van der Waals surface area (Å²) in [6.45, 7) is 0. The summed E-state index contributed by atoms with van der Waals surface area (Å²) in [5.74, 6) is 0. The quantitative estimate of drug-likeness (QED) is 0.197. The smallest absolute Gasteiger partial charge is 0.143 e. The maximum atomic E-state index is 9.87. The van der Waals surface area contributed by atoms with E-state index in [0.29, 0.717) is 16.3 Å². The monoisotopic (exact) mass is 557 g/mol. The van der Waals surface area contributed by atoms with Crippen LogP contribution in [0.2, 0.25) is 0 Å². The second-order valence-electron chi connectivity index (χ2n) is 10.4. The van der Waals surface area contributed by atoms with E-state index in [4.69, 9.17) is 16.8 Å². The van der Waals surface area contributed by atoms with Gasteiger partial charge in [0.15, 0.2) is 0 Å². The maximum Gasteiger partial charge on any atom is 0.143 e. The predicted octanol–water partition coefficient (Wildman–Crippen LogP) is 12.0. The van der Waals surface area contributed by atoms with Crippen molar-refractivity contribution in [2.45, 2.75) is 0 Å². The van der Waals surface area contributed by atoms with Crippen molar-refractivity contribution in [1.82, 2.24) is 0 Å². The zero-order valence-corrected chi connectivity index (χ0v) is 22.6. The van der Waals surface area contributed by atoms with Crippen LogP contribution in [0.4, 0.5) is 0 Å². The van der Waals surface area contributed by atoms with Gasteiger partial charge in [-0.05, 0) is 84.3 Å². The lowest BCUT2D eigenvalue weighted by Gasteiger charge is -2.18. The Morgan fingerprint density at radius 2 is 1.05 bits per heavy atom. The minimum absolute atomic E-state index is 0.0527. The number of rotatable bonds is 3. The van der Waals surface area contributed by atoms with Gasteiger partial charge in [0.2, 0.25) is 0 Å². The minimum Gasteiger partial charge on any atom is -0.455 e. The van der Waals surface area contributed by atoms with Gasteiger partial charge < -0.3 is 4.42 Å². The fourth-order valence-electron chi connectivity index (χ4n) is 6.18. The topological polar surface area (TPSA) is 13.1 Å². The molecule has 43 heavy (non-hydrogen) atoms. The van der Waals surface area contributed by atoms with Gasteiger partial charge in [0.25, 0.3) is 0 Å². The summed E-state index contributed by atoms with van der Waals surface area (Å²) in [6, 6.07) is 23.8. The van der Waals surface area contributed by atoms with Gasteiger partial charge in [-0.1, -0.05) is 133 Å². The van der Waals surface area contributed by atoms with Gasteiger partial charge in [-0.15, -0.1) is 0 Å². The predicted molar refractivity (Wildman–Crippen MR) is 183 cm³/mol. The minimum atomic E-state index is -0.633. The lowest BCUT2D eigenvalue weighted by atomic mass is 9.84. The van der Waals surface area contributed by atoms with Crippen molar-refractivity contribution in [3.63, 3.8) is 0 Å². The average molecular weight is 558 g/mol. The van der Waals surface area contributed by atoms with Crippen LogP contribution in [0.3, 0.4) is 0 Å². The molecule has 0 N–H and O–H groups in total. The van der Waals surface area contributed by atoms with Gasteiger partial charge in [-0.2, -0.15) is 0 Å². The summed E-state index contributed by atoms with van der Waals surface area (Å²) < 4.78 is 103. The van der Waals surface area contributed by atoms with E-state index in [-0.39, 0.29) is 50.7 Å². The van der Waals surface area contributed by atoms with E-state index in [0.717, 1.165) is 32.7 Å². The standard InChI is InChI=1S/C42H26O/c1-2-13-28(14-3-1)37-25-31(26-38-32-16-10-11-21-39(32)43-42(37)38)41-35-19-8-6-17-33(35)40(34-18-7-9-20-36(34)41)30-23-22-27-12-4-5-15-29(27)24-30/h1-26H/i1D,2D,3D,10D,11D,13D,14D,16D,21D,25D,26D. The summed E-state index contributed by atoms with van der Waals surface area (Å²) in [5, 5.41) is 4.99. The highest BCUT2D eigenvalue weighted by Gasteiger charge is 2.20. The normalized spacial score (nSPS) is 15.3. The van der Waals surface area contributed by atoms with Crippen LogP contribution in [0.1, 0.15) is 15.1 Å². The molecular weight excluding hydrogens is 520 g/mol. The Bertz CT molecular complexity index is 3040. The third kappa shape index (κ3) is 3.72. The van der Waals surface area contributed by atoms with Crippen LogP contribution in [-0.4, -0.2) is 0 Å². The molecule has 0 spiro atoms. The first-order chi connectivity index (χ1) is 25.9. The molecule has 1 heteroatoms. The summed E-state index contributed by atoms with van der Waals surface area (Å²) in [4.78, 5) is 0. The van der Waals surface area contributed by atoms with Gasteiger partial charge in [-0.25, -0.2) is 0 Å². The Balaban J connectivity index is 1.52. The highest BCUT2D eigenvalue weighted by atomic mass is 16.3. The molecule has 0 radical (unpaired) electrons. The number of para-hydroxylation sites is 1. The summed E-state index contributed by atoms with van der Waals surface area (Å²) >= 11 is 0. The lowest BCUT2D eigenvalue weighted by Crippen LogP contribution is -1.91. The van der Waals surface area contributed by atoms with Gasteiger partial charge in [0, 0.05) is 16.3 Å². The molecule has 0 aliphatic rings. The first kappa shape index (κ1) is 15.5. The lowest BCUT2D eigenvalue weighted by molar-refractivity contribution is 0.670. The molecule has 0 saturated heterocycles. The van der Waals surface area contributed by atoms with Gasteiger partial charge in [0.05, 0.1) is 15.1 Å². The van der Waals surface area contributed by atoms with Crippen molar-refractivity contribution in [2.24, 2.45) is 0 Å². The Hall–Kier alpha value is -5.66. The van der Waals surface area contributed by atoms with E-state index in [1.54, 1.807) is 0 Å². The number of hydrogen-bond acceptors (Lipinski definition) is 1. The molecule has 0 bridgehead atoms. The molecule has 9 aromatic rings. The molecule has 0 atom stereocenters. The fourth-order valence-corrected chi connectivity index (χ4v) is 6.18. The molecule has 200 valence electrons. The molecular formula is C42H26O. The first-order valence-corrected chi connectivity index (χ1v) is 13.9. The van der Waals surface area contributed by atoms with E-state index >= 15 is 0 Å². The molecule has 0 amide bonds. The number of hydrogen-bond donors (Lipinski definition) is 0. The summed E-state index contributed by atoms with van der Waals surface area (Å²) in [7, 11) is 0. The van der Waals surface area contributed by atoms with Crippen molar-refractivity contribution in [3.05, 3.63) is 157 Å². The van der Waals surface area contributed by atoms with Crippen LogP contribution in [0.15, 0.2) is 162 Å². The third-order valence-corrected chi connectivity index (χ3v) is 8.03. The van der Waals surface area contributed by atoms with Crippen molar-refractivity contribution in [3.8, 4) is 33.4 Å². The van der Waals surface area contributed by atoms with Crippen LogP contribution in [0, 0.1) is 0 Å². The van der Waals surface area contributed by atoms with E-state index in [1.165, 1.54) is 0 Å². The van der Waals surface area contributed by atoms with Crippen LogP contribution >= 0.6 is 0 Å². The molecule has 1 aromatic heterocycles. The molecule has 9 rings (SSSR count). The Kier molecular flexibility index (Phi) is 3.41. The molecule has 0 aliphatic carbocycles. The maximum absolute atomic E-state index is 9.87. The molecule has 1 nitrogen and oxygen atoms in total. The van der Waals surface area contributed by atoms with Crippen molar-refractivity contribution >= 4 is 54.3 Å². The summed E-state index contributed by atoms with van der Waals surface area (Å²) in [6.07, 6.45) is 0. The molecule has 0 fully saturated rings. The van der Waals surface area contributed by atoms with E-state index in [2.05, 4.69) is 24.3 Å². The molecule has 0 saturated carbocycles. The van der Waals surface area contributed by atoms with E-state index in [9.17, 15) is 2.74 Å². The first-order valence-electron chi connectivity index (χ1n) is 19.4. The van der Waals surface area contributed by atoms with Gasteiger partial charge in [-0.3, -0.25) is 0 Å². The number of benzene rings is 8. The SMILES string of the molecule is [2H]c1c([2H])c([2H])c(-c2c([2H])c(-c3c4ccccc4c(-c4ccc5ccccc5c4)c4ccccc34)c([2H])c3c2oc2c([2H])c([2H])c([2H])c([2H])c23)c([2H])c1[2H]. The highest BCUT2D eigenvalue weighted by molar-refractivity contribution is 6.23. The Morgan fingerprint density at radius 1 is 0.442 bits per heavy atom. The highest BCUT2D eigenvalue weighted by Crippen LogP contribution is 2.46. The Labute approximate surface area is 264 Å². The van der Waals surface area contributed by atoms with Crippen LogP contribution in [0.25, 0.3) is 87.6 Å². The number of furan rings is 1. The van der Waals surface area contributed by atoms with Gasteiger partial charge >= 0.3 is 0 Å². The molecule has 0 aliphatic heterocycles. The van der Waals surface area contributed by atoms with Crippen molar-refractivity contribution in [2.75, 3.05) is 0 Å².